The lowest BCUT2D eigenvalue weighted by Gasteiger charge is -2.43. The maximum atomic E-state index is 12.9. The first-order valence-corrected chi connectivity index (χ1v) is 10.1. The third-order valence-corrected chi connectivity index (χ3v) is 11.7. The first-order valence-electron chi connectivity index (χ1n) is 7.83. The van der Waals surface area contributed by atoms with Crippen LogP contribution < -0.4 is 0 Å². The minimum Gasteiger partial charge on any atom is -0.394 e. The highest BCUT2D eigenvalue weighted by molar-refractivity contribution is 7.09. The Morgan fingerprint density at radius 3 is 1.45 bits per heavy atom. The molecule has 0 aromatic heterocycles. The quantitative estimate of drug-likeness (QED) is 0.384. The van der Waals surface area contributed by atoms with Crippen molar-refractivity contribution in [1.29, 1.82) is 0 Å². The Morgan fingerprint density at radius 2 is 1.18 bits per heavy atom. The lowest BCUT2D eigenvalue weighted by atomic mass is 10.0. The Balaban J connectivity index is 5.58. The molecule has 22 heavy (non-hydrogen) atoms. The number of hydrogen-bond donors (Lipinski definition) is 5. The van der Waals surface area contributed by atoms with Gasteiger partial charge in [-0.25, -0.2) is 0 Å². The van der Waals surface area contributed by atoms with Crippen molar-refractivity contribution >= 4 is 13.5 Å². The van der Waals surface area contributed by atoms with Crippen molar-refractivity contribution in [2.24, 2.45) is 0 Å². The molecule has 5 N–H and O–H groups in total. The largest absolute Gasteiger partial charge is 0.394 e. The molecule has 4 atom stereocenters. The summed E-state index contributed by atoms with van der Waals surface area (Å²) in [7, 11) is -2.65. The van der Waals surface area contributed by atoms with Crippen molar-refractivity contribution in [3.8, 4) is 0 Å². The molecule has 0 heterocycles. The molecule has 0 saturated heterocycles. The van der Waals surface area contributed by atoms with Crippen molar-refractivity contribution < 1.29 is 30.3 Å². The Kier molecular flexibility index (Phi) is 8.39. The van der Waals surface area contributed by atoms with E-state index in [1.165, 1.54) is 0 Å². The van der Waals surface area contributed by atoms with Crippen LogP contribution in [0, 0.1) is 0 Å². The fourth-order valence-electron chi connectivity index (χ4n) is 3.79. The molecular weight excluding hydrogens is 304 g/mol. The molecule has 0 aliphatic rings. The van der Waals surface area contributed by atoms with Gasteiger partial charge in [-0.15, -0.1) is 0 Å². The average Bonchev–Trinajstić information content (AvgIpc) is 2.43. The number of carbonyl (C=O) groups excluding carboxylic acids is 1. The van der Waals surface area contributed by atoms with E-state index in [1.54, 1.807) is 0 Å². The first-order chi connectivity index (χ1) is 9.95. The number of aliphatic hydroxyl groups excluding tert-OH is 5. The van der Waals surface area contributed by atoms with E-state index in [2.05, 4.69) is 0 Å². The van der Waals surface area contributed by atoms with E-state index in [0.717, 1.165) is 0 Å². The summed E-state index contributed by atoms with van der Waals surface area (Å²) in [6.07, 6.45) is -6.97. The molecule has 0 bridgehead atoms. The van der Waals surface area contributed by atoms with E-state index in [9.17, 15) is 25.2 Å². The maximum Gasteiger partial charge on any atom is 0.144 e. The van der Waals surface area contributed by atoms with Crippen molar-refractivity contribution in [3.05, 3.63) is 0 Å². The molecule has 0 unspecified atom stereocenters. The smallest absolute Gasteiger partial charge is 0.144 e. The molecule has 132 valence electrons. The Hall–Kier alpha value is -0.313. The van der Waals surface area contributed by atoms with Gasteiger partial charge in [-0.2, -0.15) is 0 Å². The summed E-state index contributed by atoms with van der Waals surface area (Å²) < 4.78 is 0. The normalized spacial score (nSPS) is 18.6. The second-order valence-electron chi connectivity index (χ2n) is 6.94. The van der Waals surface area contributed by atoms with Gasteiger partial charge in [0.05, 0.1) is 6.61 Å². The van der Waals surface area contributed by atoms with Gasteiger partial charge in [-0.3, -0.25) is 0 Å². The van der Waals surface area contributed by atoms with Crippen molar-refractivity contribution in [3.63, 3.8) is 0 Å². The molecule has 0 aliphatic heterocycles. The van der Waals surface area contributed by atoms with E-state index < -0.39 is 44.5 Å². The molecule has 0 radical (unpaired) electrons. The van der Waals surface area contributed by atoms with Gasteiger partial charge in [0.1, 0.15) is 37.9 Å². The van der Waals surface area contributed by atoms with Crippen LogP contribution in [0.2, 0.25) is 16.6 Å². The van der Waals surface area contributed by atoms with Gasteiger partial charge in [0.15, 0.2) is 0 Å². The van der Waals surface area contributed by atoms with E-state index in [-0.39, 0.29) is 16.6 Å². The number of hydrogen-bond acceptors (Lipinski definition) is 6. The number of carbonyl (C=O) groups is 1. The zero-order valence-electron chi connectivity index (χ0n) is 14.4. The van der Waals surface area contributed by atoms with Gasteiger partial charge >= 0.3 is 0 Å². The average molecular weight is 337 g/mol. The van der Waals surface area contributed by atoms with Crippen molar-refractivity contribution in [2.75, 3.05) is 6.61 Å². The number of rotatable bonds is 9. The molecule has 0 aromatic rings. The summed E-state index contributed by atoms with van der Waals surface area (Å²) in [4.78, 5) is 12.9. The van der Waals surface area contributed by atoms with Crippen LogP contribution in [0.25, 0.3) is 0 Å². The van der Waals surface area contributed by atoms with Crippen LogP contribution in [0.15, 0.2) is 0 Å². The highest BCUT2D eigenvalue weighted by atomic mass is 28.3. The molecule has 0 aromatic carbocycles. The van der Waals surface area contributed by atoms with Crippen LogP contribution in [-0.4, -0.2) is 70.0 Å². The Morgan fingerprint density at radius 1 is 0.818 bits per heavy atom. The van der Waals surface area contributed by atoms with Gasteiger partial charge in [0, 0.05) is 0 Å². The fraction of sp³-hybridized carbons (Fsp3) is 0.933. The third kappa shape index (κ3) is 3.96. The zero-order valence-corrected chi connectivity index (χ0v) is 15.4. The molecule has 0 saturated carbocycles. The van der Waals surface area contributed by atoms with Gasteiger partial charge in [-0.1, -0.05) is 41.5 Å². The van der Waals surface area contributed by atoms with Gasteiger partial charge in [0.2, 0.25) is 0 Å². The third-order valence-electron chi connectivity index (χ3n) is 4.82. The fourth-order valence-corrected chi connectivity index (χ4v) is 10.2. The van der Waals surface area contributed by atoms with E-state index in [1.807, 2.05) is 41.5 Å². The Labute approximate surface area is 133 Å². The lowest BCUT2D eigenvalue weighted by Crippen LogP contribution is -2.61. The summed E-state index contributed by atoms with van der Waals surface area (Å²) in [5, 5.41) is 47.8. The summed E-state index contributed by atoms with van der Waals surface area (Å²) >= 11 is 0. The second-order valence-corrected chi connectivity index (χ2v) is 12.8. The second kappa shape index (κ2) is 8.51. The van der Waals surface area contributed by atoms with Gasteiger partial charge < -0.3 is 30.3 Å². The van der Waals surface area contributed by atoms with Crippen LogP contribution in [0.5, 0.6) is 0 Å². The molecule has 6 nitrogen and oxygen atoms in total. The highest BCUT2D eigenvalue weighted by Gasteiger charge is 2.53. The molecule has 0 fully saturated rings. The molecule has 0 aliphatic carbocycles. The van der Waals surface area contributed by atoms with E-state index >= 15 is 0 Å². The molecule has 7 heteroatoms. The van der Waals surface area contributed by atoms with E-state index in [4.69, 9.17) is 5.11 Å². The minimum atomic E-state index is -2.65. The van der Waals surface area contributed by atoms with Crippen LogP contribution >= 0.6 is 0 Å². The summed E-state index contributed by atoms with van der Waals surface area (Å²) in [5.74, 6) is 0. The van der Waals surface area contributed by atoms with Gasteiger partial charge in [-0.05, 0) is 16.6 Å². The standard InChI is InChI=1S/C15H32O6Si/c1-8(2)22(9(3)4,10(5)6)15(21)14(20)13(19)12(18)11(17)7-16/h8-14,16-20H,7H2,1-6H3/t11-,12+,13+,14-/m1/s1. The highest BCUT2D eigenvalue weighted by Crippen LogP contribution is 2.43. The summed E-state index contributed by atoms with van der Waals surface area (Å²) in [6, 6.07) is 0. The van der Waals surface area contributed by atoms with Crippen LogP contribution in [0.3, 0.4) is 0 Å². The van der Waals surface area contributed by atoms with Crippen molar-refractivity contribution in [2.45, 2.75) is 82.6 Å². The summed E-state index contributed by atoms with van der Waals surface area (Å²) in [5.41, 5.74) is 0.172. The molecular formula is C15H32O6Si. The topological polar surface area (TPSA) is 118 Å². The maximum absolute atomic E-state index is 12.9. The van der Waals surface area contributed by atoms with Gasteiger partial charge in [0.25, 0.3) is 0 Å². The van der Waals surface area contributed by atoms with Crippen LogP contribution in [-0.2, 0) is 4.79 Å². The summed E-state index contributed by atoms with van der Waals surface area (Å²) in [6.45, 7) is 10.9. The van der Waals surface area contributed by atoms with E-state index in [0.29, 0.717) is 0 Å². The van der Waals surface area contributed by atoms with Crippen molar-refractivity contribution in [1.82, 2.24) is 0 Å². The SMILES string of the molecule is CC(C)[Si](C(=O)[C@H](O)[C@@H](O)[C@@H](O)[C@H](O)CO)(C(C)C)C(C)C. The number of aliphatic hydroxyl groups is 5. The predicted molar refractivity (Wildman–Crippen MR) is 87.2 cm³/mol. The zero-order chi connectivity index (χ0) is 17.8. The minimum absolute atomic E-state index is 0.0572. The molecule has 0 spiro atoms. The lowest BCUT2D eigenvalue weighted by molar-refractivity contribution is -0.141. The van der Waals surface area contributed by atoms with Crippen LogP contribution in [0.4, 0.5) is 0 Å². The Bertz CT molecular complexity index is 336. The molecule has 0 amide bonds. The molecule has 0 rings (SSSR count). The van der Waals surface area contributed by atoms with Crippen LogP contribution in [0.1, 0.15) is 41.5 Å². The first kappa shape index (κ1) is 21.7. The monoisotopic (exact) mass is 336 g/mol. The predicted octanol–water partition coefficient (Wildman–Crippen LogP) is 0.209.